The molecule has 5 nitrogen and oxygen atoms in total. The maximum absolute atomic E-state index is 13.1. The predicted molar refractivity (Wildman–Crippen MR) is 81.4 cm³/mol. The summed E-state index contributed by atoms with van der Waals surface area (Å²) in [5, 5.41) is 16.9. The van der Waals surface area contributed by atoms with Gasteiger partial charge in [0.25, 0.3) is 0 Å². The van der Waals surface area contributed by atoms with E-state index in [0.29, 0.717) is 17.9 Å². The first kappa shape index (κ1) is 15.1. The number of nitro groups is 1. The molecular formula is C14H13ClFN3O2. The molecule has 0 spiro atoms. The fourth-order valence-electron chi connectivity index (χ4n) is 1.93. The number of hydrogen-bond donors (Lipinski definition) is 2. The molecule has 2 N–H and O–H groups in total. The minimum absolute atomic E-state index is 0.0211. The van der Waals surface area contributed by atoms with E-state index in [4.69, 9.17) is 11.6 Å². The highest BCUT2D eigenvalue weighted by atomic mass is 35.5. The Kier molecular flexibility index (Phi) is 4.59. The first-order valence-electron chi connectivity index (χ1n) is 6.16. The molecule has 2 aromatic carbocycles. The van der Waals surface area contributed by atoms with Gasteiger partial charge in [-0.05, 0) is 29.8 Å². The van der Waals surface area contributed by atoms with E-state index in [1.54, 1.807) is 31.3 Å². The molecule has 0 atom stereocenters. The smallest absolute Gasteiger partial charge is 0.315 e. The van der Waals surface area contributed by atoms with Gasteiger partial charge in [0.15, 0.2) is 0 Å². The lowest BCUT2D eigenvalue weighted by molar-refractivity contribution is -0.383. The van der Waals surface area contributed by atoms with Crippen molar-refractivity contribution in [2.75, 3.05) is 17.7 Å². The second kappa shape index (κ2) is 6.41. The molecule has 7 heteroatoms. The van der Waals surface area contributed by atoms with Crippen molar-refractivity contribution in [2.45, 2.75) is 6.54 Å². The summed E-state index contributed by atoms with van der Waals surface area (Å²) in [5.74, 6) is -0.497. The average molecular weight is 310 g/mol. The van der Waals surface area contributed by atoms with E-state index in [0.717, 1.165) is 5.56 Å². The Morgan fingerprint density at radius 1 is 1.29 bits per heavy atom. The van der Waals surface area contributed by atoms with Crippen molar-refractivity contribution in [3.05, 3.63) is 62.9 Å². The molecule has 2 aromatic rings. The van der Waals surface area contributed by atoms with E-state index in [2.05, 4.69) is 10.6 Å². The zero-order chi connectivity index (χ0) is 15.4. The van der Waals surface area contributed by atoms with Gasteiger partial charge in [-0.1, -0.05) is 23.7 Å². The molecule has 0 aliphatic carbocycles. The SMILES string of the molecule is CNc1cccc(NCc2ccc(F)c(Cl)c2)c1[N+](=O)[O-]. The molecule has 0 aliphatic rings. The van der Waals surface area contributed by atoms with E-state index in [1.807, 2.05) is 0 Å². The number of anilines is 2. The molecule has 21 heavy (non-hydrogen) atoms. The molecule has 0 saturated heterocycles. The Morgan fingerprint density at radius 3 is 2.62 bits per heavy atom. The van der Waals surface area contributed by atoms with E-state index < -0.39 is 10.7 Å². The average Bonchev–Trinajstić information content (AvgIpc) is 2.47. The van der Waals surface area contributed by atoms with Crippen molar-refractivity contribution in [1.29, 1.82) is 0 Å². The first-order valence-corrected chi connectivity index (χ1v) is 6.53. The van der Waals surface area contributed by atoms with Crippen LogP contribution >= 0.6 is 11.6 Å². The Labute approximate surface area is 125 Å². The van der Waals surface area contributed by atoms with Crippen LogP contribution in [0.4, 0.5) is 21.5 Å². The van der Waals surface area contributed by atoms with Crippen molar-refractivity contribution >= 4 is 28.7 Å². The van der Waals surface area contributed by atoms with Crippen LogP contribution in [0, 0.1) is 15.9 Å². The van der Waals surface area contributed by atoms with Crippen LogP contribution in [0.15, 0.2) is 36.4 Å². The van der Waals surface area contributed by atoms with E-state index in [9.17, 15) is 14.5 Å². The highest BCUT2D eigenvalue weighted by Crippen LogP contribution is 2.32. The monoisotopic (exact) mass is 309 g/mol. The molecule has 0 amide bonds. The summed E-state index contributed by atoms with van der Waals surface area (Å²) in [7, 11) is 1.62. The third kappa shape index (κ3) is 3.41. The quantitative estimate of drug-likeness (QED) is 0.646. The number of nitro benzene ring substituents is 1. The second-order valence-electron chi connectivity index (χ2n) is 4.31. The maximum Gasteiger partial charge on any atom is 0.315 e. The largest absolute Gasteiger partial charge is 0.382 e. The van der Waals surface area contributed by atoms with E-state index >= 15 is 0 Å². The van der Waals surface area contributed by atoms with Crippen molar-refractivity contribution in [2.24, 2.45) is 0 Å². The zero-order valence-electron chi connectivity index (χ0n) is 11.2. The van der Waals surface area contributed by atoms with Gasteiger partial charge >= 0.3 is 5.69 Å². The van der Waals surface area contributed by atoms with Crippen LogP contribution in [0.25, 0.3) is 0 Å². The van der Waals surface area contributed by atoms with Crippen LogP contribution < -0.4 is 10.6 Å². The summed E-state index contributed by atoms with van der Waals surface area (Å²) in [6, 6.07) is 9.26. The molecule has 0 unspecified atom stereocenters. The molecule has 2 rings (SSSR count). The molecule has 0 radical (unpaired) electrons. The van der Waals surface area contributed by atoms with Gasteiger partial charge < -0.3 is 10.6 Å². The summed E-state index contributed by atoms with van der Waals surface area (Å²) >= 11 is 5.70. The van der Waals surface area contributed by atoms with E-state index in [1.165, 1.54) is 12.1 Å². The van der Waals surface area contributed by atoms with Crippen molar-refractivity contribution < 1.29 is 9.31 Å². The Balaban J connectivity index is 2.23. The third-order valence-corrected chi connectivity index (χ3v) is 3.24. The lowest BCUT2D eigenvalue weighted by Crippen LogP contribution is -2.05. The van der Waals surface area contributed by atoms with Crippen molar-refractivity contribution in [3.8, 4) is 0 Å². The molecular weight excluding hydrogens is 297 g/mol. The molecule has 0 fully saturated rings. The van der Waals surface area contributed by atoms with Crippen LogP contribution in [-0.4, -0.2) is 12.0 Å². The fourth-order valence-corrected chi connectivity index (χ4v) is 2.13. The number of nitrogens with zero attached hydrogens (tertiary/aromatic N) is 1. The van der Waals surface area contributed by atoms with Crippen molar-refractivity contribution in [3.63, 3.8) is 0 Å². The lowest BCUT2D eigenvalue weighted by atomic mass is 10.2. The van der Waals surface area contributed by atoms with Crippen LogP contribution in [0.3, 0.4) is 0 Å². The zero-order valence-corrected chi connectivity index (χ0v) is 11.9. The van der Waals surface area contributed by atoms with Gasteiger partial charge in [-0.25, -0.2) is 4.39 Å². The van der Waals surface area contributed by atoms with Gasteiger partial charge in [-0.3, -0.25) is 10.1 Å². The summed E-state index contributed by atoms with van der Waals surface area (Å²) in [6.07, 6.45) is 0. The summed E-state index contributed by atoms with van der Waals surface area (Å²) in [4.78, 5) is 10.7. The molecule has 0 bridgehead atoms. The van der Waals surface area contributed by atoms with Crippen LogP contribution in [0.5, 0.6) is 0 Å². The summed E-state index contributed by atoms with van der Waals surface area (Å²) in [6.45, 7) is 0.300. The van der Waals surface area contributed by atoms with Crippen molar-refractivity contribution in [1.82, 2.24) is 0 Å². The van der Waals surface area contributed by atoms with Gasteiger partial charge in [-0.15, -0.1) is 0 Å². The molecule has 0 aliphatic heterocycles. The van der Waals surface area contributed by atoms with Gasteiger partial charge in [-0.2, -0.15) is 0 Å². The minimum Gasteiger partial charge on any atom is -0.382 e. The standard InChI is InChI=1S/C14H13ClFN3O2/c1-17-12-3-2-4-13(14(12)19(20)21)18-8-9-5-6-11(16)10(15)7-9/h2-7,17-18H,8H2,1H3. The predicted octanol–water partition coefficient (Wildman–Crippen LogP) is 4.04. The molecule has 0 saturated carbocycles. The molecule has 0 aromatic heterocycles. The minimum atomic E-state index is -0.497. The number of rotatable bonds is 5. The molecule has 110 valence electrons. The van der Waals surface area contributed by atoms with E-state index in [-0.39, 0.29) is 10.7 Å². The van der Waals surface area contributed by atoms with Crippen LogP contribution in [0.1, 0.15) is 5.56 Å². The van der Waals surface area contributed by atoms with Gasteiger partial charge in [0, 0.05) is 13.6 Å². The number of nitrogens with one attached hydrogen (secondary N) is 2. The number of hydrogen-bond acceptors (Lipinski definition) is 4. The van der Waals surface area contributed by atoms with Crippen LogP contribution in [-0.2, 0) is 6.54 Å². The van der Waals surface area contributed by atoms with Gasteiger partial charge in [0.2, 0.25) is 0 Å². The number of halogens is 2. The maximum atomic E-state index is 13.1. The highest BCUT2D eigenvalue weighted by molar-refractivity contribution is 6.30. The fraction of sp³-hybridized carbons (Fsp3) is 0.143. The Morgan fingerprint density at radius 2 is 2.00 bits per heavy atom. The topological polar surface area (TPSA) is 67.2 Å². The normalized spacial score (nSPS) is 10.2. The summed E-state index contributed by atoms with van der Waals surface area (Å²) < 4.78 is 13.1. The number of para-hydroxylation sites is 1. The Bertz CT molecular complexity index is 679. The lowest BCUT2D eigenvalue weighted by Gasteiger charge is -2.10. The Hall–Kier alpha value is -2.34. The van der Waals surface area contributed by atoms with Gasteiger partial charge in [0.05, 0.1) is 9.95 Å². The second-order valence-corrected chi connectivity index (χ2v) is 4.72. The third-order valence-electron chi connectivity index (χ3n) is 2.95. The molecule has 0 heterocycles. The van der Waals surface area contributed by atoms with Gasteiger partial charge in [0.1, 0.15) is 17.2 Å². The highest BCUT2D eigenvalue weighted by Gasteiger charge is 2.18. The number of benzene rings is 2. The summed E-state index contributed by atoms with van der Waals surface area (Å²) in [5.41, 5.74) is 1.49. The van der Waals surface area contributed by atoms with Crippen LogP contribution in [0.2, 0.25) is 5.02 Å². The first-order chi connectivity index (χ1) is 10.0.